The number of hydrogen-bond donors (Lipinski definition) is 1. The molecule has 9 heteroatoms. The lowest BCUT2D eigenvalue weighted by atomic mass is 10.2. The van der Waals surface area contributed by atoms with Gasteiger partial charge in [-0.05, 0) is 24.6 Å². The summed E-state index contributed by atoms with van der Waals surface area (Å²) < 4.78 is 36.8. The molecule has 0 aliphatic carbocycles. The van der Waals surface area contributed by atoms with Gasteiger partial charge >= 0.3 is 0 Å². The van der Waals surface area contributed by atoms with Gasteiger partial charge < -0.3 is 14.8 Å². The molecule has 0 unspecified atom stereocenters. The zero-order chi connectivity index (χ0) is 17.6. The smallest absolute Gasteiger partial charge is 0.244 e. The lowest BCUT2D eigenvalue weighted by molar-refractivity contribution is -0.116. The van der Waals surface area contributed by atoms with Crippen molar-refractivity contribution in [2.45, 2.75) is 17.7 Å². The van der Waals surface area contributed by atoms with Crippen LogP contribution >= 0.6 is 11.6 Å². The van der Waals surface area contributed by atoms with Gasteiger partial charge in [-0.25, -0.2) is 8.42 Å². The van der Waals surface area contributed by atoms with Crippen molar-refractivity contribution in [1.82, 2.24) is 4.31 Å². The van der Waals surface area contributed by atoms with Crippen molar-refractivity contribution in [2.24, 2.45) is 0 Å². The molecule has 1 heterocycles. The highest BCUT2D eigenvalue weighted by Gasteiger charge is 2.28. The van der Waals surface area contributed by atoms with Gasteiger partial charge in [0.2, 0.25) is 15.9 Å². The first kappa shape index (κ1) is 19.1. The zero-order valence-electron chi connectivity index (χ0n) is 13.5. The van der Waals surface area contributed by atoms with E-state index in [4.69, 9.17) is 21.1 Å². The van der Waals surface area contributed by atoms with E-state index >= 15 is 0 Å². The van der Waals surface area contributed by atoms with Gasteiger partial charge in [0.25, 0.3) is 0 Å². The van der Waals surface area contributed by atoms with Crippen LogP contribution in [0, 0.1) is 0 Å². The summed E-state index contributed by atoms with van der Waals surface area (Å²) in [6.45, 7) is 1.77. The van der Waals surface area contributed by atoms with Crippen LogP contribution < -0.4 is 5.32 Å². The largest absolute Gasteiger partial charge is 0.385 e. The Kier molecular flexibility index (Phi) is 7.00. The minimum Gasteiger partial charge on any atom is -0.385 e. The molecule has 1 fully saturated rings. The van der Waals surface area contributed by atoms with Crippen LogP contribution in [0.25, 0.3) is 0 Å². The van der Waals surface area contributed by atoms with Crippen LogP contribution in [0.15, 0.2) is 23.1 Å². The number of benzene rings is 1. The maximum absolute atomic E-state index is 12.7. The van der Waals surface area contributed by atoms with Gasteiger partial charge in [0.15, 0.2) is 0 Å². The van der Waals surface area contributed by atoms with Crippen molar-refractivity contribution in [1.29, 1.82) is 0 Å². The van der Waals surface area contributed by atoms with E-state index < -0.39 is 10.0 Å². The fraction of sp³-hybridized carbons (Fsp3) is 0.533. The van der Waals surface area contributed by atoms with Gasteiger partial charge in [0, 0.05) is 38.9 Å². The first-order valence-electron chi connectivity index (χ1n) is 7.61. The number of sulfonamides is 1. The number of rotatable bonds is 7. The molecule has 1 aromatic rings. The summed E-state index contributed by atoms with van der Waals surface area (Å²) in [5, 5.41) is 2.81. The van der Waals surface area contributed by atoms with Crippen molar-refractivity contribution in [2.75, 3.05) is 45.3 Å². The average molecular weight is 377 g/mol. The number of methoxy groups -OCH3 is 1. The molecule has 2 rings (SSSR count). The minimum atomic E-state index is -3.72. The second-order valence-electron chi connectivity index (χ2n) is 5.31. The number of amides is 1. The lowest BCUT2D eigenvalue weighted by Gasteiger charge is -2.26. The fourth-order valence-corrected chi connectivity index (χ4v) is 4.21. The van der Waals surface area contributed by atoms with E-state index in [1.54, 1.807) is 13.2 Å². The van der Waals surface area contributed by atoms with E-state index in [1.165, 1.54) is 16.4 Å². The average Bonchev–Trinajstić information content (AvgIpc) is 2.57. The van der Waals surface area contributed by atoms with E-state index in [1.807, 2.05) is 0 Å². The van der Waals surface area contributed by atoms with Crippen molar-refractivity contribution >= 4 is 33.2 Å². The Morgan fingerprint density at radius 3 is 2.75 bits per heavy atom. The number of hydrogen-bond acceptors (Lipinski definition) is 5. The predicted octanol–water partition coefficient (Wildman–Crippen LogP) is 1.73. The van der Waals surface area contributed by atoms with Gasteiger partial charge in [-0.1, -0.05) is 11.6 Å². The van der Waals surface area contributed by atoms with Gasteiger partial charge in [-0.2, -0.15) is 4.31 Å². The fourth-order valence-electron chi connectivity index (χ4n) is 2.31. The zero-order valence-corrected chi connectivity index (χ0v) is 15.0. The van der Waals surface area contributed by atoms with Gasteiger partial charge in [-0.3, -0.25) is 4.79 Å². The third-order valence-corrected chi connectivity index (χ3v) is 5.94. The number of nitrogens with one attached hydrogen (secondary N) is 1. The quantitative estimate of drug-likeness (QED) is 0.732. The minimum absolute atomic E-state index is 0.0132. The molecule has 0 spiro atoms. The maximum atomic E-state index is 12.7. The number of carbonyl (C=O) groups excluding carboxylic acids is 1. The summed E-state index contributed by atoms with van der Waals surface area (Å²) in [5.41, 5.74) is 0.397. The molecule has 1 N–H and O–H groups in total. The van der Waals surface area contributed by atoms with Gasteiger partial charge in [0.1, 0.15) is 4.90 Å². The summed E-state index contributed by atoms with van der Waals surface area (Å²) in [7, 11) is -2.15. The number of halogens is 1. The Balaban J connectivity index is 2.14. The molecule has 7 nitrogen and oxygen atoms in total. The van der Waals surface area contributed by atoms with Crippen molar-refractivity contribution in [3.8, 4) is 0 Å². The Bertz CT molecular complexity index is 674. The highest BCUT2D eigenvalue weighted by atomic mass is 35.5. The lowest BCUT2D eigenvalue weighted by Crippen LogP contribution is -2.40. The number of anilines is 1. The predicted molar refractivity (Wildman–Crippen MR) is 90.8 cm³/mol. The second-order valence-corrected chi connectivity index (χ2v) is 7.62. The number of morpholine rings is 1. The molecule has 134 valence electrons. The first-order valence-corrected chi connectivity index (χ1v) is 9.43. The van der Waals surface area contributed by atoms with E-state index in [0.29, 0.717) is 38.3 Å². The molecule has 0 atom stereocenters. The van der Waals surface area contributed by atoms with Crippen LogP contribution in [0.5, 0.6) is 0 Å². The molecule has 1 saturated heterocycles. The monoisotopic (exact) mass is 376 g/mol. The Morgan fingerprint density at radius 2 is 2.08 bits per heavy atom. The normalized spacial score (nSPS) is 16.1. The van der Waals surface area contributed by atoms with E-state index in [-0.39, 0.29) is 28.9 Å². The standard InChI is InChI=1S/C15H21ClN2O5S/c1-22-8-2-3-15(19)17-12-4-5-13(16)14(11-12)24(20,21)18-6-9-23-10-7-18/h4-5,11H,2-3,6-10H2,1H3,(H,17,19). The van der Waals surface area contributed by atoms with E-state index in [9.17, 15) is 13.2 Å². The van der Waals surface area contributed by atoms with Crippen molar-refractivity contribution in [3.63, 3.8) is 0 Å². The Morgan fingerprint density at radius 1 is 1.38 bits per heavy atom. The van der Waals surface area contributed by atoms with E-state index in [0.717, 1.165) is 0 Å². The third kappa shape index (κ3) is 4.90. The number of ether oxygens (including phenoxy) is 2. The molecule has 24 heavy (non-hydrogen) atoms. The molecular formula is C15H21ClN2O5S. The van der Waals surface area contributed by atoms with E-state index in [2.05, 4.69) is 5.32 Å². The van der Waals surface area contributed by atoms with Crippen molar-refractivity contribution < 1.29 is 22.7 Å². The second kappa shape index (κ2) is 8.77. The summed E-state index contributed by atoms with van der Waals surface area (Å²) in [6, 6.07) is 4.44. The molecule has 0 aromatic heterocycles. The highest BCUT2D eigenvalue weighted by Crippen LogP contribution is 2.28. The maximum Gasteiger partial charge on any atom is 0.244 e. The molecular weight excluding hydrogens is 356 g/mol. The van der Waals surface area contributed by atoms with Crippen LogP contribution in [-0.4, -0.2) is 58.7 Å². The number of carbonyl (C=O) groups is 1. The molecule has 0 radical (unpaired) electrons. The van der Waals surface area contributed by atoms with Crippen LogP contribution in [-0.2, 0) is 24.3 Å². The van der Waals surface area contributed by atoms with Gasteiger partial charge in [0.05, 0.1) is 18.2 Å². The summed E-state index contributed by atoms with van der Waals surface area (Å²) >= 11 is 6.07. The number of nitrogens with zero attached hydrogens (tertiary/aromatic N) is 1. The summed E-state index contributed by atoms with van der Waals surface area (Å²) in [4.78, 5) is 11.8. The first-order chi connectivity index (χ1) is 11.4. The van der Waals surface area contributed by atoms with Gasteiger partial charge in [-0.15, -0.1) is 0 Å². The highest BCUT2D eigenvalue weighted by molar-refractivity contribution is 7.89. The van der Waals surface area contributed by atoms with Crippen molar-refractivity contribution in [3.05, 3.63) is 23.2 Å². The third-order valence-electron chi connectivity index (χ3n) is 3.56. The summed E-state index contributed by atoms with van der Waals surface area (Å²) in [6.07, 6.45) is 0.886. The Labute approximate surface area is 146 Å². The van der Waals surface area contributed by atoms with Crippen LogP contribution in [0.3, 0.4) is 0 Å². The summed E-state index contributed by atoms with van der Waals surface area (Å²) in [5.74, 6) is -0.205. The molecule has 1 aliphatic heterocycles. The van der Waals surface area contributed by atoms with Crippen LogP contribution in [0.4, 0.5) is 5.69 Å². The van der Waals surface area contributed by atoms with Crippen LogP contribution in [0.2, 0.25) is 5.02 Å². The molecule has 1 amide bonds. The molecule has 0 saturated carbocycles. The SMILES string of the molecule is COCCCC(=O)Nc1ccc(Cl)c(S(=O)(=O)N2CCOCC2)c1. The topological polar surface area (TPSA) is 84.9 Å². The molecule has 0 bridgehead atoms. The Hall–Kier alpha value is -1.19. The molecule has 1 aromatic carbocycles. The van der Waals surface area contributed by atoms with Crippen LogP contribution in [0.1, 0.15) is 12.8 Å². The molecule has 1 aliphatic rings.